The summed E-state index contributed by atoms with van der Waals surface area (Å²) in [5.74, 6) is 1.65. The van der Waals surface area contributed by atoms with Crippen LogP contribution >= 0.6 is 11.8 Å². The molecule has 0 spiro atoms. The standard InChI is InChI=1S/C14H22N2O2S/c1-4-5-8-19-10(2)14(17)16-13-9-11(18-3)6-7-12(13)15/h6-7,9-10H,4-5,8,15H2,1-3H3,(H,16,17). The number of hydrogen-bond acceptors (Lipinski definition) is 4. The highest BCUT2D eigenvalue weighted by Crippen LogP contribution is 2.25. The maximum absolute atomic E-state index is 12.0. The molecule has 5 heteroatoms. The fourth-order valence-corrected chi connectivity index (χ4v) is 2.50. The summed E-state index contributed by atoms with van der Waals surface area (Å²) in [5.41, 5.74) is 6.98. The molecule has 1 aromatic rings. The Morgan fingerprint density at radius 1 is 1.53 bits per heavy atom. The molecule has 0 heterocycles. The van der Waals surface area contributed by atoms with Crippen molar-refractivity contribution in [2.45, 2.75) is 31.9 Å². The maximum atomic E-state index is 12.0. The molecule has 0 aliphatic heterocycles. The first-order chi connectivity index (χ1) is 9.08. The van der Waals surface area contributed by atoms with E-state index in [1.807, 2.05) is 6.92 Å². The topological polar surface area (TPSA) is 64.3 Å². The number of ether oxygens (including phenoxy) is 1. The van der Waals surface area contributed by atoms with Crippen molar-refractivity contribution in [2.24, 2.45) is 0 Å². The van der Waals surface area contributed by atoms with Gasteiger partial charge in [0.25, 0.3) is 0 Å². The van der Waals surface area contributed by atoms with E-state index in [1.54, 1.807) is 37.1 Å². The van der Waals surface area contributed by atoms with Crippen LogP contribution in [0.3, 0.4) is 0 Å². The normalized spacial score (nSPS) is 11.9. The lowest BCUT2D eigenvalue weighted by atomic mass is 10.2. The van der Waals surface area contributed by atoms with Crippen molar-refractivity contribution in [3.8, 4) is 5.75 Å². The predicted molar refractivity (Wildman–Crippen MR) is 82.9 cm³/mol. The molecule has 1 aromatic carbocycles. The number of carbonyl (C=O) groups excluding carboxylic acids is 1. The molecular weight excluding hydrogens is 260 g/mol. The number of hydrogen-bond donors (Lipinski definition) is 2. The van der Waals surface area contributed by atoms with Crippen LogP contribution in [-0.2, 0) is 4.79 Å². The van der Waals surface area contributed by atoms with Gasteiger partial charge in [0.15, 0.2) is 0 Å². The number of benzene rings is 1. The first-order valence-corrected chi connectivity index (χ1v) is 7.49. The van der Waals surface area contributed by atoms with Crippen LogP contribution in [0.4, 0.5) is 11.4 Å². The average molecular weight is 282 g/mol. The van der Waals surface area contributed by atoms with Crippen LogP contribution in [0.2, 0.25) is 0 Å². The van der Waals surface area contributed by atoms with Gasteiger partial charge in [-0.25, -0.2) is 0 Å². The van der Waals surface area contributed by atoms with E-state index in [0.29, 0.717) is 17.1 Å². The molecule has 1 rings (SSSR count). The third-order valence-corrected chi connectivity index (χ3v) is 3.99. The Labute approximate surface area is 119 Å². The second kappa shape index (κ2) is 7.94. The van der Waals surface area contributed by atoms with Gasteiger partial charge in [-0.15, -0.1) is 11.8 Å². The molecule has 19 heavy (non-hydrogen) atoms. The molecule has 1 amide bonds. The summed E-state index contributed by atoms with van der Waals surface area (Å²) in [5, 5.41) is 2.76. The predicted octanol–water partition coefficient (Wildman–Crippen LogP) is 3.14. The Bertz CT molecular complexity index is 424. The lowest BCUT2D eigenvalue weighted by Gasteiger charge is -2.14. The van der Waals surface area contributed by atoms with E-state index in [1.165, 1.54) is 0 Å². The zero-order valence-corrected chi connectivity index (χ0v) is 12.5. The zero-order chi connectivity index (χ0) is 14.3. The van der Waals surface area contributed by atoms with E-state index < -0.39 is 0 Å². The lowest BCUT2D eigenvalue weighted by Crippen LogP contribution is -2.23. The van der Waals surface area contributed by atoms with Crippen molar-refractivity contribution in [2.75, 3.05) is 23.9 Å². The Morgan fingerprint density at radius 3 is 2.89 bits per heavy atom. The van der Waals surface area contributed by atoms with E-state index in [0.717, 1.165) is 18.6 Å². The largest absolute Gasteiger partial charge is 0.497 e. The zero-order valence-electron chi connectivity index (χ0n) is 11.7. The van der Waals surface area contributed by atoms with Crippen LogP contribution < -0.4 is 15.8 Å². The van der Waals surface area contributed by atoms with E-state index in [9.17, 15) is 4.79 Å². The van der Waals surface area contributed by atoms with E-state index >= 15 is 0 Å². The minimum atomic E-state index is -0.0860. The molecule has 0 saturated carbocycles. The second-order valence-corrected chi connectivity index (χ2v) is 5.76. The summed E-state index contributed by atoms with van der Waals surface area (Å²) in [7, 11) is 1.58. The minimum Gasteiger partial charge on any atom is -0.497 e. The van der Waals surface area contributed by atoms with Gasteiger partial charge in [0.1, 0.15) is 5.75 Å². The number of nitrogens with one attached hydrogen (secondary N) is 1. The van der Waals surface area contributed by atoms with Crippen molar-refractivity contribution in [1.29, 1.82) is 0 Å². The molecule has 106 valence electrons. The van der Waals surface area contributed by atoms with E-state index in [-0.39, 0.29) is 11.2 Å². The van der Waals surface area contributed by atoms with Crippen molar-refractivity contribution < 1.29 is 9.53 Å². The quantitative estimate of drug-likeness (QED) is 0.595. The van der Waals surface area contributed by atoms with Gasteiger partial charge in [0.05, 0.1) is 23.7 Å². The fraction of sp³-hybridized carbons (Fsp3) is 0.500. The molecule has 1 unspecified atom stereocenters. The van der Waals surface area contributed by atoms with Crippen molar-refractivity contribution >= 4 is 29.0 Å². The molecule has 4 nitrogen and oxygen atoms in total. The monoisotopic (exact) mass is 282 g/mol. The number of methoxy groups -OCH3 is 1. The van der Waals surface area contributed by atoms with Gasteiger partial charge in [0, 0.05) is 6.07 Å². The number of amides is 1. The maximum Gasteiger partial charge on any atom is 0.237 e. The summed E-state index contributed by atoms with van der Waals surface area (Å²) in [4.78, 5) is 12.0. The van der Waals surface area contributed by atoms with Gasteiger partial charge in [-0.2, -0.15) is 0 Å². The number of carbonyl (C=O) groups is 1. The highest BCUT2D eigenvalue weighted by molar-refractivity contribution is 8.00. The van der Waals surface area contributed by atoms with Gasteiger partial charge < -0.3 is 15.8 Å². The van der Waals surface area contributed by atoms with Gasteiger partial charge in [-0.1, -0.05) is 13.3 Å². The van der Waals surface area contributed by atoms with Crippen molar-refractivity contribution in [3.63, 3.8) is 0 Å². The van der Waals surface area contributed by atoms with Gasteiger partial charge >= 0.3 is 0 Å². The smallest absolute Gasteiger partial charge is 0.237 e. The second-order valence-electron chi connectivity index (χ2n) is 4.31. The van der Waals surface area contributed by atoms with Crippen LogP contribution in [0.1, 0.15) is 26.7 Å². The van der Waals surface area contributed by atoms with Gasteiger partial charge in [-0.3, -0.25) is 4.79 Å². The molecular formula is C14H22N2O2S. The third-order valence-electron chi connectivity index (χ3n) is 2.75. The summed E-state index contributed by atoms with van der Waals surface area (Å²) in [6, 6.07) is 5.23. The Kier molecular flexibility index (Phi) is 6.56. The molecule has 0 saturated heterocycles. The Morgan fingerprint density at radius 2 is 2.26 bits per heavy atom. The molecule has 3 N–H and O–H groups in total. The Hall–Kier alpha value is -1.36. The summed E-state index contributed by atoms with van der Waals surface area (Å²) in [6.45, 7) is 4.05. The summed E-state index contributed by atoms with van der Waals surface area (Å²) < 4.78 is 5.12. The summed E-state index contributed by atoms with van der Waals surface area (Å²) in [6.07, 6.45) is 2.27. The van der Waals surface area contributed by atoms with E-state index in [2.05, 4.69) is 12.2 Å². The average Bonchev–Trinajstić information content (AvgIpc) is 2.41. The molecule has 0 fully saturated rings. The number of nitrogen functional groups attached to an aromatic ring is 1. The Balaban J connectivity index is 2.60. The molecule has 0 radical (unpaired) electrons. The van der Waals surface area contributed by atoms with Crippen LogP contribution in [0.25, 0.3) is 0 Å². The van der Waals surface area contributed by atoms with Crippen LogP contribution in [0.15, 0.2) is 18.2 Å². The van der Waals surface area contributed by atoms with Crippen LogP contribution in [0.5, 0.6) is 5.75 Å². The van der Waals surface area contributed by atoms with Crippen molar-refractivity contribution in [3.05, 3.63) is 18.2 Å². The van der Waals surface area contributed by atoms with E-state index in [4.69, 9.17) is 10.5 Å². The fourth-order valence-electron chi connectivity index (χ4n) is 1.49. The van der Waals surface area contributed by atoms with Crippen LogP contribution in [0, 0.1) is 0 Å². The lowest BCUT2D eigenvalue weighted by molar-refractivity contribution is -0.115. The molecule has 1 atom stereocenters. The number of rotatable bonds is 7. The first-order valence-electron chi connectivity index (χ1n) is 6.44. The van der Waals surface area contributed by atoms with Gasteiger partial charge in [0.2, 0.25) is 5.91 Å². The molecule has 0 aliphatic rings. The number of thioether (sulfide) groups is 1. The first kappa shape index (κ1) is 15.7. The minimum absolute atomic E-state index is 0.0268. The summed E-state index contributed by atoms with van der Waals surface area (Å²) >= 11 is 1.66. The molecule has 0 aromatic heterocycles. The number of anilines is 2. The third kappa shape index (κ3) is 5.03. The highest BCUT2D eigenvalue weighted by Gasteiger charge is 2.14. The SMILES string of the molecule is CCCCSC(C)C(=O)Nc1cc(OC)ccc1N. The number of nitrogens with two attached hydrogens (primary N) is 1. The number of unbranched alkanes of at least 4 members (excludes halogenated alkanes) is 1. The van der Waals surface area contributed by atoms with Crippen LogP contribution in [-0.4, -0.2) is 24.0 Å². The molecule has 0 aliphatic carbocycles. The highest BCUT2D eigenvalue weighted by atomic mass is 32.2. The van der Waals surface area contributed by atoms with Gasteiger partial charge in [-0.05, 0) is 31.2 Å². The van der Waals surface area contributed by atoms with Crippen molar-refractivity contribution in [1.82, 2.24) is 0 Å². The molecule has 0 bridgehead atoms.